The Morgan fingerprint density at radius 1 is 1.33 bits per heavy atom. The summed E-state index contributed by atoms with van der Waals surface area (Å²) in [6, 6.07) is 6.92. The molecule has 4 heteroatoms. The van der Waals surface area contributed by atoms with Gasteiger partial charge in [-0.1, -0.05) is 44.0 Å². The number of carbonyl (C=O) groups excluding carboxylic acids is 1. The van der Waals surface area contributed by atoms with Crippen LogP contribution in [-0.4, -0.2) is 11.9 Å². The summed E-state index contributed by atoms with van der Waals surface area (Å²) in [5.74, 6) is 0.0780. The molecule has 0 unspecified atom stereocenters. The van der Waals surface area contributed by atoms with Gasteiger partial charge in [0.1, 0.15) is 0 Å². The molecule has 0 radical (unpaired) electrons. The lowest BCUT2D eigenvalue weighted by Crippen LogP contribution is -2.45. The Kier molecular flexibility index (Phi) is 5.63. The van der Waals surface area contributed by atoms with E-state index in [1.807, 2.05) is 45.0 Å². The van der Waals surface area contributed by atoms with Gasteiger partial charge in [-0.15, -0.1) is 0 Å². The maximum atomic E-state index is 11.9. The molecule has 0 aromatic heterocycles. The average molecular weight is 269 g/mol. The highest BCUT2D eigenvalue weighted by atomic mass is 35.5. The van der Waals surface area contributed by atoms with Gasteiger partial charge in [0.25, 0.3) is 0 Å². The third-order valence-corrected chi connectivity index (χ3v) is 3.54. The first-order valence-electron chi connectivity index (χ1n) is 6.27. The second kappa shape index (κ2) is 6.76. The van der Waals surface area contributed by atoms with Gasteiger partial charge in [0.15, 0.2) is 0 Å². The lowest BCUT2D eigenvalue weighted by Gasteiger charge is -2.21. The molecule has 0 fully saturated rings. The van der Waals surface area contributed by atoms with Crippen LogP contribution < -0.4 is 11.1 Å². The fraction of sp³-hybridized carbons (Fsp3) is 0.500. The Bertz CT molecular complexity index is 391. The second-order valence-corrected chi connectivity index (χ2v) is 5.13. The Hall–Kier alpha value is -1.06. The van der Waals surface area contributed by atoms with E-state index in [0.29, 0.717) is 5.02 Å². The Balaban J connectivity index is 2.61. The van der Waals surface area contributed by atoms with Gasteiger partial charge < -0.3 is 11.1 Å². The fourth-order valence-electron chi connectivity index (χ4n) is 1.66. The zero-order valence-corrected chi connectivity index (χ0v) is 11.9. The van der Waals surface area contributed by atoms with E-state index >= 15 is 0 Å². The van der Waals surface area contributed by atoms with Crippen molar-refractivity contribution < 1.29 is 4.79 Å². The van der Waals surface area contributed by atoms with Crippen LogP contribution in [0.25, 0.3) is 0 Å². The molecule has 0 spiro atoms. The quantitative estimate of drug-likeness (QED) is 0.863. The summed E-state index contributed by atoms with van der Waals surface area (Å²) in [7, 11) is 0. The van der Waals surface area contributed by atoms with Gasteiger partial charge in [0.05, 0.1) is 12.1 Å². The van der Waals surface area contributed by atoms with Crippen LogP contribution in [0, 0.1) is 5.92 Å². The molecule has 3 N–H and O–H groups in total. The number of nitrogens with one attached hydrogen (secondary N) is 1. The highest BCUT2D eigenvalue weighted by Gasteiger charge is 2.21. The Morgan fingerprint density at radius 3 is 2.39 bits per heavy atom. The Morgan fingerprint density at radius 2 is 1.89 bits per heavy atom. The van der Waals surface area contributed by atoms with Crippen LogP contribution in [0.5, 0.6) is 0 Å². The molecule has 0 saturated carbocycles. The van der Waals surface area contributed by atoms with Crippen molar-refractivity contribution >= 4 is 17.5 Å². The summed E-state index contributed by atoms with van der Waals surface area (Å²) in [6.07, 6.45) is 0.893. The number of benzene rings is 1. The molecule has 1 aromatic rings. The summed E-state index contributed by atoms with van der Waals surface area (Å²) in [5, 5.41) is 3.61. The normalized spacial score (nSPS) is 15.8. The lowest BCUT2D eigenvalue weighted by molar-refractivity contribution is -0.124. The summed E-state index contributed by atoms with van der Waals surface area (Å²) in [5.41, 5.74) is 6.91. The average Bonchev–Trinajstić information content (AvgIpc) is 2.37. The van der Waals surface area contributed by atoms with E-state index in [2.05, 4.69) is 5.32 Å². The van der Waals surface area contributed by atoms with Crippen LogP contribution in [0.2, 0.25) is 5.02 Å². The molecule has 0 saturated heterocycles. The van der Waals surface area contributed by atoms with Gasteiger partial charge in [0, 0.05) is 5.02 Å². The Labute approximate surface area is 114 Å². The molecular formula is C14H21ClN2O. The molecule has 3 nitrogen and oxygen atoms in total. The highest BCUT2D eigenvalue weighted by Crippen LogP contribution is 2.16. The molecule has 0 aliphatic carbocycles. The van der Waals surface area contributed by atoms with Crippen molar-refractivity contribution in [2.75, 3.05) is 0 Å². The number of carbonyl (C=O) groups is 1. The number of halogens is 1. The molecule has 3 atom stereocenters. The number of amides is 1. The monoisotopic (exact) mass is 268 g/mol. The predicted molar refractivity (Wildman–Crippen MR) is 75.4 cm³/mol. The van der Waals surface area contributed by atoms with Crippen LogP contribution in [0.1, 0.15) is 38.8 Å². The molecule has 18 heavy (non-hydrogen) atoms. The minimum atomic E-state index is -0.454. The van der Waals surface area contributed by atoms with Crippen LogP contribution >= 0.6 is 11.6 Å². The van der Waals surface area contributed by atoms with Gasteiger partial charge in [-0.05, 0) is 30.5 Å². The minimum Gasteiger partial charge on any atom is -0.348 e. The van der Waals surface area contributed by atoms with Crippen LogP contribution in [0.15, 0.2) is 24.3 Å². The van der Waals surface area contributed by atoms with E-state index in [0.717, 1.165) is 12.0 Å². The van der Waals surface area contributed by atoms with Crippen molar-refractivity contribution in [1.82, 2.24) is 5.32 Å². The summed E-state index contributed by atoms with van der Waals surface area (Å²) in [4.78, 5) is 11.9. The molecule has 0 heterocycles. The zero-order chi connectivity index (χ0) is 13.7. The zero-order valence-electron chi connectivity index (χ0n) is 11.1. The van der Waals surface area contributed by atoms with Gasteiger partial charge >= 0.3 is 0 Å². The first-order chi connectivity index (χ1) is 8.45. The number of rotatable bonds is 5. The molecule has 1 rings (SSSR count). The van der Waals surface area contributed by atoms with Crippen molar-refractivity contribution in [1.29, 1.82) is 0 Å². The van der Waals surface area contributed by atoms with Gasteiger partial charge in [0.2, 0.25) is 5.91 Å². The van der Waals surface area contributed by atoms with Crippen molar-refractivity contribution in [3.05, 3.63) is 34.9 Å². The van der Waals surface area contributed by atoms with Crippen molar-refractivity contribution in [2.45, 2.75) is 39.3 Å². The lowest BCUT2D eigenvalue weighted by atomic mass is 9.98. The van der Waals surface area contributed by atoms with Crippen molar-refractivity contribution in [2.24, 2.45) is 11.7 Å². The third-order valence-electron chi connectivity index (χ3n) is 3.29. The summed E-state index contributed by atoms with van der Waals surface area (Å²) < 4.78 is 0. The predicted octanol–water partition coefficient (Wildman–Crippen LogP) is 2.89. The van der Waals surface area contributed by atoms with Crippen LogP contribution in [0.3, 0.4) is 0 Å². The molecular weight excluding hydrogens is 248 g/mol. The maximum Gasteiger partial charge on any atom is 0.237 e. The smallest absolute Gasteiger partial charge is 0.237 e. The number of hydrogen-bond donors (Lipinski definition) is 2. The molecule has 1 amide bonds. The molecule has 0 aliphatic rings. The largest absolute Gasteiger partial charge is 0.348 e. The van der Waals surface area contributed by atoms with Crippen molar-refractivity contribution in [3.63, 3.8) is 0 Å². The van der Waals surface area contributed by atoms with E-state index in [-0.39, 0.29) is 17.9 Å². The molecule has 0 bridgehead atoms. The molecule has 1 aromatic carbocycles. The topological polar surface area (TPSA) is 55.1 Å². The number of hydrogen-bond acceptors (Lipinski definition) is 2. The summed E-state index contributed by atoms with van der Waals surface area (Å²) in [6.45, 7) is 5.95. The van der Waals surface area contributed by atoms with Gasteiger partial charge in [-0.3, -0.25) is 4.79 Å². The highest BCUT2D eigenvalue weighted by molar-refractivity contribution is 6.30. The maximum absolute atomic E-state index is 11.9. The van der Waals surface area contributed by atoms with Gasteiger partial charge in [-0.2, -0.15) is 0 Å². The van der Waals surface area contributed by atoms with Gasteiger partial charge in [-0.25, -0.2) is 0 Å². The fourth-order valence-corrected chi connectivity index (χ4v) is 1.78. The summed E-state index contributed by atoms with van der Waals surface area (Å²) >= 11 is 5.83. The second-order valence-electron chi connectivity index (χ2n) is 4.69. The third kappa shape index (κ3) is 4.00. The molecule has 100 valence electrons. The minimum absolute atomic E-state index is 0.0649. The standard InChI is InChI=1S/C14H21ClN2O/c1-4-9(2)13(16)14(18)17-10(3)11-5-7-12(15)8-6-11/h5-10,13H,4,16H2,1-3H3,(H,17,18)/t9-,10+,13-/m0/s1. The first kappa shape index (κ1) is 15.0. The van der Waals surface area contributed by atoms with Crippen molar-refractivity contribution in [3.8, 4) is 0 Å². The van der Waals surface area contributed by atoms with E-state index in [1.165, 1.54) is 0 Å². The van der Waals surface area contributed by atoms with E-state index in [4.69, 9.17) is 17.3 Å². The molecule has 0 aliphatic heterocycles. The first-order valence-corrected chi connectivity index (χ1v) is 6.65. The van der Waals surface area contributed by atoms with E-state index in [9.17, 15) is 4.79 Å². The van der Waals surface area contributed by atoms with Crippen LogP contribution in [-0.2, 0) is 4.79 Å². The number of nitrogens with two attached hydrogens (primary N) is 1. The SMILES string of the molecule is CC[C@H](C)[C@H](N)C(=O)N[C@H](C)c1ccc(Cl)cc1. The van der Waals surface area contributed by atoms with E-state index < -0.39 is 6.04 Å². The van der Waals surface area contributed by atoms with Crippen LogP contribution in [0.4, 0.5) is 0 Å². The van der Waals surface area contributed by atoms with E-state index in [1.54, 1.807) is 0 Å².